The molecule has 190 valence electrons. The summed E-state index contributed by atoms with van der Waals surface area (Å²) in [6.45, 7) is 5.29. The molecule has 1 unspecified atom stereocenters. The van der Waals surface area contributed by atoms with Gasteiger partial charge in [-0.15, -0.1) is 0 Å². The molecule has 1 N–H and O–H groups in total. The maximum atomic E-state index is 13.3. The molecule has 3 aromatic rings. The fourth-order valence-electron chi connectivity index (χ4n) is 3.34. The molecule has 2 aromatic carbocycles. The fraction of sp³-hybridized carbons (Fsp3) is 0.280. The van der Waals surface area contributed by atoms with Gasteiger partial charge in [0.2, 0.25) is 0 Å². The Morgan fingerprint density at radius 2 is 1.83 bits per heavy atom. The molecule has 1 atom stereocenters. The zero-order valence-electron chi connectivity index (χ0n) is 20.1. The molecule has 0 fully saturated rings. The maximum Gasteiger partial charge on any atom is 0.417 e. The molecular weight excluding hydrogens is 493 g/mol. The summed E-state index contributed by atoms with van der Waals surface area (Å²) in [5.41, 5.74) is -0.0968. The van der Waals surface area contributed by atoms with E-state index in [1.54, 1.807) is 32.9 Å². The first-order valence-electron chi connectivity index (χ1n) is 10.8. The van der Waals surface area contributed by atoms with Gasteiger partial charge < -0.3 is 19.5 Å². The highest BCUT2D eigenvalue weighted by molar-refractivity contribution is 6.33. The predicted octanol–water partition coefficient (Wildman–Crippen LogP) is 5.42. The summed E-state index contributed by atoms with van der Waals surface area (Å²) in [4.78, 5) is 42.2. The first-order chi connectivity index (χ1) is 16.9. The minimum absolute atomic E-state index is 0.00231. The summed E-state index contributed by atoms with van der Waals surface area (Å²) in [7, 11) is 1.54. The number of imidazole rings is 1. The number of carbonyl (C=O) groups is 3. The largest absolute Gasteiger partial charge is 0.464 e. The number of hydrogen-bond donors (Lipinski definition) is 1. The smallest absolute Gasteiger partial charge is 0.417 e. The van der Waals surface area contributed by atoms with Crippen LogP contribution in [0.5, 0.6) is 5.75 Å². The molecule has 1 amide bonds. The molecule has 0 spiro atoms. The van der Waals surface area contributed by atoms with Gasteiger partial charge in [0, 0.05) is 26.0 Å². The van der Waals surface area contributed by atoms with Crippen molar-refractivity contribution in [1.29, 1.82) is 0 Å². The second-order valence-corrected chi connectivity index (χ2v) is 9.34. The quantitative estimate of drug-likeness (QED) is 0.343. The Hall–Kier alpha value is -3.92. The van der Waals surface area contributed by atoms with Crippen molar-refractivity contribution in [1.82, 2.24) is 14.5 Å². The fourth-order valence-corrected chi connectivity index (χ4v) is 3.59. The molecule has 0 bridgehead atoms. The number of ether oxygens (including phenoxy) is 2. The van der Waals surface area contributed by atoms with Gasteiger partial charge in [0.25, 0.3) is 0 Å². The molecule has 3 rings (SSSR count). The molecule has 9 nitrogen and oxygen atoms in total. The van der Waals surface area contributed by atoms with Crippen molar-refractivity contribution in [3.63, 3.8) is 0 Å². The van der Waals surface area contributed by atoms with Crippen LogP contribution in [0.4, 0.5) is 14.0 Å². The Labute approximate surface area is 212 Å². The van der Waals surface area contributed by atoms with E-state index in [4.69, 9.17) is 21.1 Å². The third-order valence-corrected chi connectivity index (χ3v) is 5.31. The van der Waals surface area contributed by atoms with E-state index < -0.39 is 35.5 Å². The van der Waals surface area contributed by atoms with Gasteiger partial charge in [-0.05, 0) is 56.7 Å². The predicted molar refractivity (Wildman–Crippen MR) is 129 cm³/mol. The number of amides is 1. The minimum atomic E-state index is -1.23. The van der Waals surface area contributed by atoms with E-state index in [2.05, 4.69) is 4.98 Å². The highest BCUT2D eigenvalue weighted by Gasteiger charge is 2.27. The lowest BCUT2D eigenvalue weighted by Gasteiger charge is -2.27. The van der Waals surface area contributed by atoms with Gasteiger partial charge in [-0.3, -0.25) is 0 Å². The number of aromatic nitrogens is 2. The van der Waals surface area contributed by atoms with Crippen molar-refractivity contribution in [2.75, 3.05) is 13.6 Å². The van der Waals surface area contributed by atoms with Crippen molar-refractivity contribution < 1.29 is 33.4 Å². The van der Waals surface area contributed by atoms with E-state index >= 15 is 0 Å². The van der Waals surface area contributed by atoms with E-state index in [0.29, 0.717) is 5.56 Å². The molecular formula is C25H25ClFN3O6. The first-order valence-corrected chi connectivity index (χ1v) is 11.2. The van der Waals surface area contributed by atoms with Crippen molar-refractivity contribution in [3.8, 4) is 5.75 Å². The highest BCUT2D eigenvalue weighted by Crippen LogP contribution is 2.28. The van der Waals surface area contributed by atoms with Crippen LogP contribution in [0, 0.1) is 5.82 Å². The van der Waals surface area contributed by atoms with Crippen LogP contribution in [0.1, 0.15) is 48.4 Å². The van der Waals surface area contributed by atoms with E-state index in [9.17, 15) is 23.9 Å². The van der Waals surface area contributed by atoms with E-state index in [1.807, 2.05) is 0 Å². The lowest BCUT2D eigenvalue weighted by atomic mass is 9.97. The Kier molecular flexibility index (Phi) is 7.99. The molecule has 36 heavy (non-hydrogen) atoms. The summed E-state index contributed by atoms with van der Waals surface area (Å²) in [5, 5.41) is 9.48. The topological polar surface area (TPSA) is 111 Å². The van der Waals surface area contributed by atoms with Gasteiger partial charge in [0.05, 0.1) is 16.5 Å². The van der Waals surface area contributed by atoms with Crippen LogP contribution in [0.3, 0.4) is 0 Å². The number of halogens is 2. The Balaban J connectivity index is 1.86. The van der Waals surface area contributed by atoms with E-state index in [1.165, 1.54) is 42.5 Å². The number of carboxylic acid groups (broad SMARTS) is 1. The summed E-state index contributed by atoms with van der Waals surface area (Å²) in [5.74, 6) is -1.62. The molecule has 0 aliphatic heterocycles. The number of nitrogens with zero attached hydrogens (tertiary/aromatic N) is 3. The Morgan fingerprint density at radius 3 is 2.42 bits per heavy atom. The van der Waals surface area contributed by atoms with Crippen LogP contribution < -0.4 is 4.74 Å². The third-order valence-electron chi connectivity index (χ3n) is 4.99. The van der Waals surface area contributed by atoms with Crippen LogP contribution >= 0.6 is 11.6 Å². The van der Waals surface area contributed by atoms with Crippen molar-refractivity contribution in [2.45, 2.75) is 32.3 Å². The van der Waals surface area contributed by atoms with Crippen LogP contribution in [0.25, 0.3) is 0 Å². The SMILES string of the molecule is CN(CC(c1ccc(OC(=O)c2ccc(F)cc2Cl)cc1)c1nccn1C(=O)O)C(=O)OC(C)(C)C. The van der Waals surface area contributed by atoms with Gasteiger partial charge in [0.1, 0.15) is 23.0 Å². The van der Waals surface area contributed by atoms with Gasteiger partial charge in [-0.2, -0.15) is 0 Å². The maximum absolute atomic E-state index is 13.3. The number of likely N-dealkylation sites (N-methyl/N-ethyl adjacent to an activating group) is 1. The van der Waals surface area contributed by atoms with Crippen molar-refractivity contribution in [3.05, 3.63) is 82.6 Å². The second-order valence-electron chi connectivity index (χ2n) is 8.93. The van der Waals surface area contributed by atoms with Crippen LogP contribution in [0.2, 0.25) is 5.02 Å². The van der Waals surface area contributed by atoms with Gasteiger partial charge in [-0.25, -0.2) is 28.3 Å². The van der Waals surface area contributed by atoms with Gasteiger partial charge >= 0.3 is 18.2 Å². The second kappa shape index (κ2) is 10.8. The van der Waals surface area contributed by atoms with Crippen LogP contribution in [0.15, 0.2) is 54.9 Å². The zero-order chi connectivity index (χ0) is 26.6. The standard InChI is InChI=1S/C25H25ClFN3O6/c1-25(2,3)36-24(34)29(4)14-19(21-28-11-12-30(21)23(32)33)15-5-8-17(9-6-15)35-22(31)18-10-7-16(27)13-20(18)26/h5-13,19H,14H2,1-4H3,(H,32,33). The molecule has 11 heteroatoms. The lowest BCUT2D eigenvalue weighted by Crippen LogP contribution is -2.37. The summed E-state index contributed by atoms with van der Waals surface area (Å²) < 4.78 is 25.0. The lowest BCUT2D eigenvalue weighted by molar-refractivity contribution is 0.0292. The van der Waals surface area contributed by atoms with E-state index in [0.717, 1.165) is 16.7 Å². The molecule has 0 aliphatic rings. The molecule has 1 heterocycles. The molecule has 0 saturated carbocycles. The first kappa shape index (κ1) is 26.7. The number of rotatable bonds is 6. The van der Waals surface area contributed by atoms with Gasteiger partial charge in [0.15, 0.2) is 0 Å². The van der Waals surface area contributed by atoms with Crippen LogP contribution in [-0.4, -0.2) is 56.9 Å². The number of esters is 1. The number of hydrogen-bond acceptors (Lipinski definition) is 6. The molecule has 0 saturated heterocycles. The van der Waals surface area contributed by atoms with Gasteiger partial charge in [-0.1, -0.05) is 23.7 Å². The molecule has 0 radical (unpaired) electrons. The summed E-state index contributed by atoms with van der Waals surface area (Å²) in [6.07, 6.45) is 0.851. The normalized spacial score (nSPS) is 12.1. The highest BCUT2D eigenvalue weighted by atomic mass is 35.5. The minimum Gasteiger partial charge on any atom is -0.464 e. The van der Waals surface area contributed by atoms with E-state index in [-0.39, 0.29) is 28.7 Å². The van der Waals surface area contributed by atoms with Crippen molar-refractivity contribution in [2.24, 2.45) is 0 Å². The zero-order valence-corrected chi connectivity index (χ0v) is 20.8. The monoisotopic (exact) mass is 517 g/mol. The summed E-state index contributed by atoms with van der Waals surface area (Å²) >= 11 is 5.93. The third kappa shape index (κ3) is 6.60. The Bertz CT molecular complexity index is 1270. The molecule has 1 aromatic heterocycles. The van der Waals surface area contributed by atoms with Crippen LogP contribution in [-0.2, 0) is 4.74 Å². The molecule has 0 aliphatic carbocycles. The average Bonchev–Trinajstić information content (AvgIpc) is 3.26. The van der Waals surface area contributed by atoms with Crippen molar-refractivity contribution >= 4 is 29.8 Å². The number of carbonyl (C=O) groups excluding carboxylic acids is 2. The number of benzene rings is 2. The average molecular weight is 518 g/mol. The Morgan fingerprint density at radius 1 is 1.17 bits per heavy atom. The summed E-state index contributed by atoms with van der Waals surface area (Å²) in [6, 6.07) is 9.62.